The van der Waals surface area contributed by atoms with E-state index in [1.54, 1.807) is 0 Å². The molecule has 3 rings (SSSR count). The van der Waals surface area contributed by atoms with Crippen LogP contribution >= 0.6 is 0 Å². The summed E-state index contributed by atoms with van der Waals surface area (Å²) >= 11 is 0. The number of aliphatic hydroxyl groups is 1. The molecule has 24 heavy (non-hydrogen) atoms. The van der Waals surface area contributed by atoms with Gasteiger partial charge in [-0.2, -0.15) is 0 Å². The molecule has 4 heteroatoms. The minimum absolute atomic E-state index is 0.0938. The molecule has 0 aliphatic heterocycles. The van der Waals surface area contributed by atoms with E-state index in [2.05, 4.69) is 19.1 Å². The number of rotatable bonds is 5. The number of esters is 1. The number of ether oxygens (including phenoxy) is 2. The van der Waals surface area contributed by atoms with Gasteiger partial charge >= 0.3 is 5.97 Å². The van der Waals surface area contributed by atoms with Crippen LogP contribution in [0.4, 0.5) is 0 Å². The zero-order valence-corrected chi connectivity index (χ0v) is 14.6. The molecule has 2 aliphatic carbocycles. The lowest BCUT2D eigenvalue weighted by molar-refractivity contribution is -0.165. The van der Waals surface area contributed by atoms with Crippen molar-refractivity contribution in [1.29, 1.82) is 0 Å². The van der Waals surface area contributed by atoms with Crippen molar-refractivity contribution in [3.8, 4) is 0 Å². The molecule has 1 aromatic rings. The maximum Gasteiger partial charge on any atom is 0.302 e. The number of carbonyl (C=O) groups is 1. The lowest BCUT2D eigenvalue weighted by Crippen LogP contribution is -2.49. The molecule has 132 valence electrons. The van der Waals surface area contributed by atoms with Gasteiger partial charge in [0.25, 0.3) is 0 Å². The second-order valence-corrected chi connectivity index (χ2v) is 7.57. The topological polar surface area (TPSA) is 55.8 Å². The number of hydrogen-bond donors (Lipinski definition) is 1. The Morgan fingerprint density at radius 3 is 2.71 bits per heavy atom. The van der Waals surface area contributed by atoms with Crippen LogP contribution in [0.15, 0.2) is 30.3 Å². The lowest BCUT2D eigenvalue weighted by Gasteiger charge is -2.46. The summed E-state index contributed by atoms with van der Waals surface area (Å²) in [5.74, 6) is 0.286. The van der Waals surface area contributed by atoms with E-state index >= 15 is 0 Å². The molecule has 0 amide bonds. The van der Waals surface area contributed by atoms with Crippen LogP contribution in [-0.2, 0) is 20.9 Å². The lowest BCUT2D eigenvalue weighted by atomic mass is 9.64. The molecule has 2 fully saturated rings. The van der Waals surface area contributed by atoms with E-state index in [0.29, 0.717) is 25.6 Å². The SMILES string of the molecule is CC(=O)O[C@@H]1CC[C@@H](O)[C@@]2(C)CC[C@@H](COCc3ccccc3)[C@@H]12. The molecule has 5 atom stereocenters. The predicted molar refractivity (Wildman–Crippen MR) is 91.2 cm³/mol. The molecular weight excluding hydrogens is 304 g/mol. The van der Waals surface area contributed by atoms with Gasteiger partial charge in [0.15, 0.2) is 0 Å². The Bertz CT molecular complexity index is 558. The molecule has 0 bridgehead atoms. The van der Waals surface area contributed by atoms with E-state index in [-0.39, 0.29) is 29.5 Å². The fourth-order valence-corrected chi connectivity index (χ4v) is 4.76. The zero-order valence-electron chi connectivity index (χ0n) is 14.6. The second-order valence-electron chi connectivity index (χ2n) is 7.57. The monoisotopic (exact) mass is 332 g/mol. The first-order valence-corrected chi connectivity index (χ1v) is 8.97. The summed E-state index contributed by atoms with van der Waals surface area (Å²) in [4.78, 5) is 11.5. The smallest absolute Gasteiger partial charge is 0.302 e. The number of benzene rings is 1. The van der Waals surface area contributed by atoms with Crippen molar-refractivity contribution >= 4 is 5.97 Å². The second kappa shape index (κ2) is 7.24. The summed E-state index contributed by atoms with van der Waals surface area (Å²) in [6, 6.07) is 10.1. The molecular formula is C20H28O4. The molecule has 0 aromatic heterocycles. The van der Waals surface area contributed by atoms with E-state index in [1.165, 1.54) is 12.5 Å². The quantitative estimate of drug-likeness (QED) is 0.841. The van der Waals surface area contributed by atoms with Crippen molar-refractivity contribution in [2.45, 2.75) is 58.3 Å². The standard InChI is InChI=1S/C20H28O4/c1-14(21)24-17-8-9-18(22)20(2)11-10-16(19(17)20)13-23-12-15-6-4-3-5-7-15/h3-7,16-19,22H,8-13H2,1-2H3/t16-,17+,18+,19-,20+/m0/s1. The van der Waals surface area contributed by atoms with Crippen molar-refractivity contribution < 1.29 is 19.4 Å². The minimum Gasteiger partial charge on any atom is -0.462 e. The van der Waals surface area contributed by atoms with Crippen molar-refractivity contribution in [2.24, 2.45) is 17.3 Å². The molecule has 0 spiro atoms. The average Bonchev–Trinajstić information content (AvgIpc) is 2.90. The number of fused-ring (bicyclic) bond motifs is 1. The van der Waals surface area contributed by atoms with Gasteiger partial charge in [0.1, 0.15) is 6.10 Å². The summed E-state index contributed by atoms with van der Waals surface area (Å²) in [5.41, 5.74) is 0.998. The minimum atomic E-state index is -0.312. The van der Waals surface area contributed by atoms with Crippen LogP contribution in [0, 0.1) is 17.3 Å². The molecule has 2 aliphatic rings. The summed E-state index contributed by atoms with van der Waals surface area (Å²) in [5, 5.41) is 10.5. The summed E-state index contributed by atoms with van der Waals surface area (Å²) in [6.45, 7) is 4.87. The third-order valence-corrected chi connectivity index (χ3v) is 5.97. The van der Waals surface area contributed by atoms with Crippen LogP contribution in [0.25, 0.3) is 0 Å². The van der Waals surface area contributed by atoms with Crippen LogP contribution in [0.5, 0.6) is 0 Å². The highest BCUT2D eigenvalue weighted by molar-refractivity contribution is 5.66. The number of aliphatic hydroxyl groups excluding tert-OH is 1. The first kappa shape index (κ1) is 17.4. The van der Waals surface area contributed by atoms with Gasteiger partial charge in [-0.15, -0.1) is 0 Å². The number of carbonyl (C=O) groups excluding carboxylic acids is 1. The first-order chi connectivity index (χ1) is 11.5. The van der Waals surface area contributed by atoms with Gasteiger partial charge in [-0.25, -0.2) is 0 Å². The van der Waals surface area contributed by atoms with Gasteiger partial charge < -0.3 is 14.6 Å². The Morgan fingerprint density at radius 1 is 1.25 bits per heavy atom. The molecule has 0 radical (unpaired) electrons. The van der Waals surface area contributed by atoms with Crippen LogP contribution in [0.3, 0.4) is 0 Å². The summed E-state index contributed by atoms with van der Waals surface area (Å²) < 4.78 is 11.6. The highest BCUT2D eigenvalue weighted by Gasteiger charge is 2.55. The van der Waals surface area contributed by atoms with E-state index in [0.717, 1.165) is 19.3 Å². The Labute approximate surface area is 144 Å². The average molecular weight is 332 g/mol. The van der Waals surface area contributed by atoms with E-state index in [4.69, 9.17) is 9.47 Å². The fourth-order valence-electron chi connectivity index (χ4n) is 4.76. The maximum absolute atomic E-state index is 11.5. The first-order valence-electron chi connectivity index (χ1n) is 8.97. The van der Waals surface area contributed by atoms with Gasteiger partial charge in [-0.05, 0) is 37.2 Å². The van der Waals surface area contributed by atoms with E-state index < -0.39 is 0 Å². The number of hydrogen-bond acceptors (Lipinski definition) is 4. The molecule has 1 aromatic carbocycles. The Kier molecular flexibility index (Phi) is 5.26. The molecule has 0 saturated heterocycles. The summed E-state index contributed by atoms with van der Waals surface area (Å²) in [7, 11) is 0. The van der Waals surface area contributed by atoms with E-state index in [1.807, 2.05) is 18.2 Å². The molecule has 1 N–H and O–H groups in total. The van der Waals surface area contributed by atoms with Gasteiger partial charge in [0, 0.05) is 18.3 Å². The van der Waals surface area contributed by atoms with Gasteiger partial charge in [0.2, 0.25) is 0 Å². The van der Waals surface area contributed by atoms with Crippen LogP contribution in [0.1, 0.15) is 45.1 Å². The Morgan fingerprint density at radius 2 is 2.00 bits per heavy atom. The Balaban J connectivity index is 1.65. The zero-order chi connectivity index (χ0) is 17.2. The van der Waals surface area contributed by atoms with Crippen LogP contribution in [-0.4, -0.2) is 29.9 Å². The van der Waals surface area contributed by atoms with Crippen LogP contribution < -0.4 is 0 Å². The fraction of sp³-hybridized carbons (Fsp3) is 0.650. The van der Waals surface area contributed by atoms with Gasteiger partial charge in [-0.3, -0.25) is 4.79 Å². The molecule has 4 nitrogen and oxygen atoms in total. The Hall–Kier alpha value is -1.39. The molecule has 2 saturated carbocycles. The van der Waals surface area contributed by atoms with Crippen molar-refractivity contribution in [2.75, 3.05) is 6.61 Å². The summed E-state index contributed by atoms with van der Waals surface area (Å²) in [6.07, 6.45) is 3.04. The molecule has 0 heterocycles. The molecule has 0 unspecified atom stereocenters. The van der Waals surface area contributed by atoms with Gasteiger partial charge in [-0.1, -0.05) is 37.3 Å². The predicted octanol–water partition coefficient (Wildman–Crippen LogP) is 3.32. The van der Waals surface area contributed by atoms with Gasteiger partial charge in [0.05, 0.1) is 19.3 Å². The van der Waals surface area contributed by atoms with E-state index in [9.17, 15) is 9.90 Å². The van der Waals surface area contributed by atoms with Crippen LogP contribution in [0.2, 0.25) is 0 Å². The van der Waals surface area contributed by atoms with Crippen molar-refractivity contribution in [3.63, 3.8) is 0 Å². The van der Waals surface area contributed by atoms with Crippen molar-refractivity contribution in [3.05, 3.63) is 35.9 Å². The third kappa shape index (κ3) is 3.50. The third-order valence-electron chi connectivity index (χ3n) is 5.97. The largest absolute Gasteiger partial charge is 0.462 e. The van der Waals surface area contributed by atoms with Crippen molar-refractivity contribution in [1.82, 2.24) is 0 Å². The normalized spacial score (nSPS) is 35.5. The maximum atomic E-state index is 11.5. The highest BCUT2D eigenvalue weighted by Crippen LogP contribution is 2.55. The highest BCUT2D eigenvalue weighted by atomic mass is 16.5.